The molecule has 0 unspecified atom stereocenters. The van der Waals surface area contributed by atoms with E-state index in [1.165, 1.54) is 5.56 Å². The monoisotopic (exact) mass is 491 g/mol. The Kier molecular flexibility index (Phi) is 7.29. The molecule has 0 aliphatic rings. The molecular weight excluding hydrogens is 466 g/mol. The number of carbonyl (C=O) groups excluding carboxylic acids is 1. The van der Waals surface area contributed by atoms with Crippen molar-refractivity contribution in [2.75, 3.05) is 5.32 Å². The van der Waals surface area contributed by atoms with Gasteiger partial charge in [-0.25, -0.2) is 4.98 Å². The van der Waals surface area contributed by atoms with Crippen LogP contribution in [-0.2, 0) is 6.42 Å². The summed E-state index contributed by atoms with van der Waals surface area (Å²) in [5, 5.41) is 6.32. The fraction of sp³-hybridized carbons (Fsp3) is 0.222. The number of fused-ring (bicyclic) bond motifs is 1. The number of oxazole rings is 1. The van der Waals surface area contributed by atoms with E-state index in [1.54, 1.807) is 24.3 Å². The Morgan fingerprint density at radius 3 is 2.56 bits per heavy atom. The number of anilines is 1. The number of aryl methyl sites for hydroxylation is 1. The van der Waals surface area contributed by atoms with Crippen molar-refractivity contribution >= 4 is 51.6 Å². The Morgan fingerprint density at radius 2 is 1.85 bits per heavy atom. The predicted octanol–water partition coefficient (Wildman–Crippen LogP) is 7.35. The number of benzene rings is 3. The Morgan fingerprint density at radius 1 is 1.09 bits per heavy atom. The quantitative estimate of drug-likeness (QED) is 0.276. The van der Waals surface area contributed by atoms with Crippen molar-refractivity contribution in [3.63, 3.8) is 0 Å². The van der Waals surface area contributed by atoms with Crippen molar-refractivity contribution in [1.82, 2.24) is 10.3 Å². The average Bonchev–Trinajstić information content (AvgIpc) is 3.28. The molecule has 0 aliphatic carbocycles. The molecular formula is C27H26ClN3O2S. The maximum absolute atomic E-state index is 12.5. The van der Waals surface area contributed by atoms with Crippen molar-refractivity contribution in [2.24, 2.45) is 0 Å². The molecule has 0 spiro atoms. The van der Waals surface area contributed by atoms with E-state index in [0.29, 0.717) is 28.1 Å². The van der Waals surface area contributed by atoms with Crippen LogP contribution in [0, 0.1) is 0 Å². The summed E-state index contributed by atoms with van der Waals surface area (Å²) < 4.78 is 5.98. The molecule has 0 saturated carbocycles. The highest BCUT2D eigenvalue weighted by Gasteiger charge is 2.14. The van der Waals surface area contributed by atoms with Gasteiger partial charge in [0.15, 0.2) is 10.7 Å². The number of hydrogen-bond acceptors (Lipinski definition) is 4. The lowest BCUT2D eigenvalue weighted by Crippen LogP contribution is -2.34. The first-order valence-electron chi connectivity index (χ1n) is 11.3. The number of carbonyl (C=O) groups is 1. The second-order valence-corrected chi connectivity index (χ2v) is 9.02. The molecule has 0 bridgehead atoms. The van der Waals surface area contributed by atoms with Crippen molar-refractivity contribution < 1.29 is 9.21 Å². The lowest BCUT2D eigenvalue weighted by Gasteiger charge is -2.12. The third-order valence-electron chi connectivity index (χ3n) is 5.91. The summed E-state index contributed by atoms with van der Waals surface area (Å²) >= 11 is 11.7. The third-order valence-corrected chi connectivity index (χ3v) is 6.44. The summed E-state index contributed by atoms with van der Waals surface area (Å²) in [6.45, 7) is 6.43. The van der Waals surface area contributed by atoms with Crippen LogP contribution in [0.15, 0.2) is 65.1 Å². The highest BCUT2D eigenvalue weighted by molar-refractivity contribution is 7.80. The molecule has 34 heavy (non-hydrogen) atoms. The van der Waals surface area contributed by atoms with Crippen LogP contribution < -0.4 is 10.6 Å². The van der Waals surface area contributed by atoms with Gasteiger partial charge in [0.1, 0.15) is 5.52 Å². The largest absolute Gasteiger partial charge is 0.436 e. The van der Waals surface area contributed by atoms with Crippen LogP contribution in [0.5, 0.6) is 0 Å². The third kappa shape index (κ3) is 5.29. The summed E-state index contributed by atoms with van der Waals surface area (Å²) in [6.07, 6.45) is 1.97. The SMILES string of the molecule is CCc1ccc(C(=O)NC(=S)Nc2cc(-c3nc4cc([C@H](C)CC)ccc4o3)ccc2Cl)cc1. The van der Waals surface area contributed by atoms with Crippen LogP contribution in [0.4, 0.5) is 5.69 Å². The molecule has 3 aromatic carbocycles. The molecule has 1 atom stereocenters. The Labute approximate surface area is 209 Å². The van der Waals surface area contributed by atoms with Gasteiger partial charge in [0.05, 0.1) is 10.7 Å². The Bertz CT molecular complexity index is 1350. The van der Waals surface area contributed by atoms with Gasteiger partial charge in [0.2, 0.25) is 5.89 Å². The second kappa shape index (κ2) is 10.4. The minimum atomic E-state index is -0.288. The number of amides is 1. The van der Waals surface area contributed by atoms with E-state index < -0.39 is 0 Å². The minimum Gasteiger partial charge on any atom is -0.436 e. The summed E-state index contributed by atoms with van der Waals surface area (Å²) in [7, 11) is 0. The minimum absolute atomic E-state index is 0.152. The maximum Gasteiger partial charge on any atom is 0.257 e. The fourth-order valence-electron chi connectivity index (χ4n) is 3.58. The number of nitrogens with zero attached hydrogens (tertiary/aromatic N) is 1. The van der Waals surface area contributed by atoms with E-state index in [4.69, 9.17) is 28.2 Å². The van der Waals surface area contributed by atoms with E-state index in [1.807, 2.05) is 24.3 Å². The molecule has 5 nitrogen and oxygen atoms in total. The van der Waals surface area contributed by atoms with Gasteiger partial charge in [0, 0.05) is 11.1 Å². The molecule has 4 rings (SSSR count). The van der Waals surface area contributed by atoms with Crippen LogP contribution in [0.1, 0.15) is 54.6 Å². The lowest BCUT2D eigenvalue weighted by molar-refractivity contribution is 0.0977. The van der Waals surface area contributed by atoms with Gasteiger partial charge in [-0.3, -0.25) is 10.1 Å². The molecule has 4 aromatic rings. The van der Waals surface area contributed by atoms with Gasteiger partial charge in [-0.05, 0) is 84.6 Å². The van der Waals surface area contributed by atoms with Gasteiger partial charge >= 0.3 is 0 Å². The second-order valence-electron chi connectivity index (χ2n) is 8.21. The standard InChI is InChI=1S/C27H26ClN3O2S/c1-4-16(3)19-11-13-24-23(14-19)29-26(33-24)20-10-12-21(28)22(15-20)30-27(34)31-25(32)18-8-6-17(5-2)7-9-18/h6-16H,4-5H2,1-3H3,(H2,30,31,32,34)/t16-/m1/s1. The number of aromatic nitrogens is 1. The van der Waals surface area contributed by atoms with Gasteiger partial charge < -0.3 is 9.73 Å². The zero-order valence-electron chi connectivity index (χ0n) is 19.3. The molecule has 0 radical (unpaired) electrons. The van der Waals surface area contributed by atoms with Crippen LogP contribution in [-0.4, -0.2) is 16.0 Å². The van der Waals surface area contributed by atoms with E-state index in [2.05, 4.69) is 48.5 Å². The molecule has 0 aliphatic heterocycles. The van der Waals surface area contributed by atoms with E-state index in [0.717, 1.165) is 35.1 Å². The van der Waals surface area contributed by atoms with E-state index in [9.17, 15) is 4.79 Å². The first-order valence-corrected chi connectivity index (χ1v) is 12.1. The zero-order valence-corrected chi connectivity index (χ0v) is 20.9. The molecule has 2 N–H and O–H groups in total. The van der Waals surface area contributed by atoms with Gasteiger partial charge in [0.25, 0.3) is 5.91 Å². The number of hydrogen-bond donors (Lipinski definition) is 2. The number of nitrogens with one attached hydrogen (secondary N) is 2. The van der Waals surface area contributed by atoms with E-state index >= 15 is 0 Å². The van der Waals surface area contributed by atoms with Crippen LogP contribution in [0.25, 0.3) is 22.6 Å². The summed E-state index contributed by atoms with van der Waals surface area (Å²) in [4.78, 5) is 17.2. The van der Waals surface area contributed by atoms with Crippen LogP contribution in [0.3, 0.4) is 0 Å². The smallest absolute Gasteiger partial charge is 0.257 e. The maximum atomic E-state index is 12.5. The topological polar surface area (TPSA) is 67.2 Å². The molecule has 7 heteroatoms. The fourth-order valence-corrected chi connectivity index (χ4v) is 3.95. The van der Waals surface area contributed by atoms with Gasteiger partial charge in [-0.2, -0.15) is 0 Å². The highest BCUT2D eigenvalue weighted by Crippen LogP contribution is 2.31. The zero-order chi connectivity index (χ0) is 24.2. The lowest BCUT2D eigenvalue weighted by atomic mass is 9.98. The summed E-state index contributed by atoms with van der Waals surface area (Å²) in [5.41, 5.74) is 5.77. The summed E-state index contributed by atoms with van der Waals surface area (Å²) in [5.74, 6) is 0.655. The predicted molar refractivity (Wildman–Crippen MR) is 143 cm³/mol. The molecule has 0 fully saturated rings. The van der Waals surface area contributed by atoms with Crippen molar-refractivity contribution in [3.8, 4) is 11.5 Å². The number of thiocarbonyl (C=S) groups is 1. The average molecular weight is 492 g/mol. The highest BCUT2D eigenvalue weighted by atomic mass is 35.5. The number of halogens is 1. The van der Waals surface area contributed by atoms with E-state index in [-0.39, 0.29) is 11.0 Å². The molecule has 174 valence electrons. The van der Waals surface area contributed by atoms with Crippen molar-refractivity contribution in [1.29, 1.82) is 0 Å². The van der Waals surface area contributed by atoms with Crippen molar-refractivity contribution in [3.05, 3.63) is 82.4 Å². The Balaban J connectivity index is 1.51. The normalized spacial score (nSPS) is 11.9. The number of rotatable bonds is 6. The van der Waals surface area contributed by atoms with Crippen LogP contribution in [0.2, 0.25) is 5.02 Å². The van der Waals surface area contributed by atoms with Gasteiger partial charge in [-0.1, -0.05) is 50.6 Å². The van der Waals surface area contributed by atoms with Gasteiger partial charge in [-0.15, -0.1) is 0 Å². The van der Waals surface area contributed by atoms with Crippen molar-refractivity contribution in [2.45, 2.75) is 39.5 Å². The first kappa shape index (κ1) is 23.9. The first-order chi connectivity index (χ1) is 16.4. The molecule has 0 saturated heterocycles. The molecule has 1 aromatic heterocycles. The molecule has 1 amide bonds. The Hall–Kier alpha value is -3.22. The summed E-state index contributed by atoms with van der Waals surface area (Å²) in [6, 6.07) is 18.9. The van der Waals surface area contributed by atoms with Crippen LogP contribution >= 0.6 is 23.8 Å². The molecule has 1 heterocycles.